The molecule has 2 aromatic heterocycles. The number of thioether (sulfide) groups is 1. The van der Waals surface area contributed by atoms with Crippen molar-refractivity contribution in [2.45, 2.75) is 6.92 Å². The first-order valence-corrected chi connectivity index (χ1v) is 10.4. The minimum Gasteiger partial charge on any atom is -0.454 e. The van der Waals surface area contributed by atoms with Crippen LogP contribution in [-0.2, 0) is 4.79 Å². The number of nitrogens with one attached hydrogen (secondary N) is 1. The van der Waals surface area contributed by atoms with E-state index in [1.54, 1.807) is 36.5 Å². The standard InChI is InChI=1S/C20H16N6O5S/c1-11-4-5-22-19-23-16(24-26(11)19)17(27)21-6-7-25-18(28)15(32-20(25)29)9-12-2-3-13-14(8-12)31-10-30-13/h2-5,8-9H,6-7,10H2,1H3,(H,21,27). The summed E-state index contributed by atoms with van der Waals surface area (Å²) in [4.78, 5) is 46.9. The van der Waals surface area contributed by atoms with Crippen molar-refractivity contribution in [2.24, 2.45) is 0 Å². The van der Waals surface area contributed by atoms with E-state index in [1.807, 2.05) is 6.92 Å². The molecule has 0 unspecified atom stereocenters. The lowest BCUT2D eigenvalue weighted by molar-refractivity contribution is -0.122. The number of rotatable bonds is 5. The highest BCUT2D eigenvalue weighted by molar-refractivity contribution is 8.18. The third-order valence-corrected chi connectivity index (χ3v) is 5.73. The maximum absolute atomic E-state index is 12.7. The number of benzene rings is 1. The molecule has 11 nitrogen and oxygen atoms in total. The van der Waals surface area contributed by atoms with E-state index in [0.29, 0.717) is 22.2 Å². The molecule has 0 aliphatic carbocycles. The molecule has 0 spiro atoms. The fourth-order valence-electron chi connectivity index (χ4n) is 3.21. The Balaban J connectivity index is 1.22. The maximum Gasteiger partial charge on any atom is 0.293 e. The fraction of sp³-hybridized carbons (Fsp3) is 0.200. The summed E-state index contributed by atoms with van der Waals surface area (Å²) >= 11 is 0.847. The summed E-state index contributed by atoms with van der Waals surface area (Å²) in [5.41, 5.74) is 1.50. The number of aryl methyl sites for hydroxylation is 1. The number of ether oxygens (including phenoxy) is 2. The Morgan fingerprint density at radius 2 is 2.09 bits per heavy atom. The summed E-state index contributed by atoms with van der Waals surface area (Å²) in [5.74, 6) is 0.567. The Kier molecular flexibility index (Phi) is 4.98. The molecule has 1 aromatic carbocycles. The molecular formula is C20H16N6O5S. The van der Waals surface area contributed by atoms with Crippen molar-refractivity contribution in [3.63, 3.8) is 0 Å². The number of hydrogen-bond donors (Lipinski definition) is 1. The molecule has 3 amide bonds. The van der Waals surface area contributed by atoms with Gasteiger partial charge in [-0.05, 0) is 48.5 Å². The average Bonchev–Trinajstić information content (AvgIpc) is 3.48. The summed E-state index contributed by atoms with van der Waals surface area (Å²) in [6.07, 6.45) is 3.21. The number of carbonyl (C=O) groups excluding carboxylic acids is 3. The second-order valence-corrected chi connectivity index (χ2v) is 7.93. The van der Waals surface area contributed by atoms with Crippen LogP contribution < -0.4 is 14.8 Å². The molecule has 2 aliphatic rings. The molecule has 0 saturated carbocycles. The van der Waals surface area contributed by atoms with Crippen molar-refractivity contribution in [1.82, 2.24) is 29.8 Å². The van der Waals surface area contributed by atoms with Gasteiger partial charge in [-0.3, -0.25) is 19.3 Å². The number of carbonyl (C=O) groups is 3. The van der Waals surface area contributed by atoms with Crippen LogP contribution in [0.4, 0.5) is 4.79 Å². The first kappa shape index (κ1) is 20.0. The van der Waals surface area contributed by atoms with Crippen LogP contribution in [0.25, 0.3) is 11.9 Å². The van der Waals surface area contributed by atoms with Crippen molar-refractivity contribution in [2.75, 3.05) is 19.9 Å². The maximum atomic E-state index is 12.7. The van der Waals surface area contributed by atoms with Crippen LogP contribution in [0, 0.1) is 6.92 Å². The van der Waals surface area contributed by atoms with Crippen LogP contribution in [-0.4, -0.2) is 61.4 Å². The second-order valence-electron chi connectivity index (χ2n) is 6.94. The molecule has 32 heavy (non-hydrogen) atoms. The molecular weight excluding hydrogens is 436 g/mol. The Labute approximate surface area is 185 Å². The minimum atomic E-state index is -0.516. The molecule has 0 bridgehead atoms. The van der Waals surface area contributed by atoms with Crippen molar-refractivity contribution < 1.29 is 23.9 Å². The zero-order valence-electron chi connectivity index (χ0n) is 16.8. The van der Waals surface area contributed by atoms with Crippen LogP contribution >= 0.6 is 11.8 Å². The molecule has 1 N–H and O–H groups in total. The van der Waals surface area contributed by atoms with Gasteiger partial charge < -0.3 is 14.8 Å². The molecule has 2 aliphatic heterocycles. The van der Waals surface area contributed by atoms with Gasteiger partial charge in [0.1, 0.15) is 0 Å². The van der Waals surface area contributed by atoms with Crippen LogP contribution in [0.1, 0.15) is 21.9 Å². The third kappa shape index (κ3) is 3.64. The highest BCUT2D eigenvalue weighted by atomic mass is 32.2. The van der Waals surface area contributed by atoms with Crippen molar-refractivity contribution in [1.29, 1.82) is 0 Å². The van der Waals surface area contributed by atoms with Gasteiger partial charge in [0.05, 0.1) is 4.91 Å². The van der Waals surface area contributed by atoms with Crippen LogP contribution in [0.15, 0.2) is 35.4 Å². The van der Waals surface area contributed by atoms with Gasteiger partial charge in [0.25, 0.3) is 22.8 Å². The summed E-state index contributed by atoms with van der Waals surface area (Å²) in [6.45, 7) is 2.07. The quantitative estimate of drug-likeness (QED) is 0.574. The number of hydrogen-bond acceptors (Lipinski definition) is 9. The first-order chi connectivity index (χ1) is 15.5. The number of nitrogens with zero attached hydrogens (tertiary/aromatic N) is 5. The zero-order chi connectivity index (χ0) is 22.2. The van der Waals surface area contributed by atoms with Gasteiger partial charge in [-0.25, -0.2) is 9.50 Å². The Bertz CT molecular complexity index is 1300. The summed E-state index contributed by atoms with van der Waals surface area (Å²) in [5, 5.41) is 6.36. The van der Waals surface area contributed by atoms with Gasteiger partial charge in [-0.15, -0.1) is 5.10 Å². The van der Waals surface area contributed by atoms with Gasteiger partial charge in [0.15, 0.2) is 11.5 Å². The molecule has 0 atom stereocenters. The molecule has 4 heterocycles. The summed E-state index contributed by atoms with van der Waals surface area (Å²) in [6, 6.07) is 7.02. The van der Waals surface area contributed by atoms with Gasteiger partial charge in [-0.2, -0.15) is 4.98 Å². The SMILES string of the molecule is Cc1ccnc2nc(C(=O)NCCN3C(=O)SC(=Cc4ccc5c(c4)OCO5)C3=O)nn12. The van der Waals surface area contributed by atoms with E-state index >= 15 is 0 Å². The zero-order valence-corrected chi connectivity index (χ0v) is 17.6. The normalized spacial score (nSPS) is 16.4. The monoisotopic (exact) mass is 452 g/mol. The van der Waals surface area contributed by atoms with Crippen LogP contribution in [0.5, 0.6) is 11.5 Å². The van der Waals surface area contributed by atoms with E-state index in [1.165, 1.54) is 4.52 Å². The van der Waals surface area contributed by atoms with Crippen molar-refractivity contribution in [3.05, 3.63) is 52.4 Å². The number of fused-ring (bicyclic) bond motifs is 2. The topological polar surface area (TPSA) is 128 Å². The number of imide groups is 1. The minimum absolute atomic E-state index is 0.0273. The molecule has 0 radical (unpaired) electrons. The van der Waals surface area contributed by atoms with Crippen molar-refractivity contribution >= 4 is 40.7 Å². The van der Waals surface area contributed by atoms with Gasteiger partial charge in [0, 0.05) is 25.0 Å². The summed E-state index contributed by atoms with van der Waals surface area (Å²) < 4.78 is 12.1. The average molecular weight is 452 g/mol. The Morgan fingerprint density at radius 1 is 1.25 bits per heavy atom. The van der Waals surface area contributed by atoms with Gasteiger partial charge in [0.2, 0.25) is 12.6 Å². The predicted molar refractivity (Wildman–Crippen MR) is 113 cm³/mol. The number of amides is 3. The van der Waals surface area contributed by atoms with E-state index in [4.69, 9.17) is 9.47 Å². The van der Waals surface area contributed by atoms with Gasteiger partial charge in [-0.1, -0.05) is 6.07 Å². The molecule has 5 rings (SSSR count). The van der Waals surface area contributed by atoms with E-state index < -0.39 is 17.1 Å². The predicted octanol–water partition coefficient (Wildman–Crippen LogP) is 1.63. The lowest BCUT2D eigenvalue weighted by Gasteiger charge is -2.12. The second kappa shape index (κ2) is 7.96. The molecule has 1 saturated heterocycles. The fourth-order valence-corrected chi connectivity index (χ4v) is 4.08. The smallest absolute Gasteiger partial charge is 0.293 e. The summed E-state index contributed by atoms with van der Waals surface area (Å²) in [7, 11) is 0. The molecule has 3 aromatic rings. The van der Waals surface area contributed by atoms with E-state index in [9.17, 15) is 14.4 Å². The lowest BCUT2D eigenvalue weighted by Crippen LogP contribution is -2.37. The molecule has 12 heteroatoms. The van der Waals surface area contributed by atoms with E-state index in [0.717, 1.165) is 27.9 Å². The third-order valence-electron chi connectivity index (χ3n) is 4.82. The van der Waals surface area contributed by atoms with E-state index in [-0.39, 0.29) is 25.7 Å². The first-order valence-electron chi connectivity index (χ1n) is 9.61. The lowest BCUT2D eigenvalue weighted by atomic mass is 10.2. The Morgan fingerprint density at radius 3 is 2.94 bits per heavy atom. The Hall–Kier alpha value is -3.93. The van der Waals surface area contributed by atoms with Gasteiger partial charge >= 0.3 is 0 Å². The van der Waals surface area contributed by atoms with Crippen molar-refractivity contribution in [3.8, 4) is 11.5 Å². The molecule has 1 fully saturated rings. The highest BCUT2D eigenvalue weighted by Gasteiger charge is 2.34. The molecule has 162 valence electrons. The largest absolute Gasteiger partial charge is 0.454 e. The van der Waals surface area contributed by atoms with Crippen LogP contribution in [0.3, 0.4) is 0 Å². The number of aromatic nitrogens is 4. The highest BCUT2D eigenvalue weighted by Crippen LogP contribution is 2.36. The van der Waals surface area contributed by atoms with Crippen LogP contribution in [0.2, 0.25) is 0 Å². The van der Waals surface area contributed by atoms with E-state index in [2.05, 4.69) is 20.4 Å².